The lowest BCUT2D eigenvalue weighted by Crippen LogP contribution is -2.46. The van der Waals surface area contributed by atoms with Crippen molar-refractivity contribution in [3.05, 3.63) is 12.2 Å². The number of hydrogen-bond donors (Lipinski definition) is 1. The molecule has 17 heavy (non-hydrogen) atoms. The van der Waals surface area contributed by atoms with Crippen molar-refractivity contribution in [1.29, 1.82) is 0 Å². The highest BCUT2D eigenvalue weighted by Gasteiger charge is 2.30. The van der Waals surface area contributed by atoms with Crippen LogP contribution in [-0.4, -0.2) is 11.7 Å². The molecule has 0 bridgehead atoms. The minimum atomic E-state index is -0.853. The SMILES string of the molecule is C=C(C)C(=O)OC(N)(CCC(C)C)CC(C)C. The Morgan fingerprint density at radius 2 is 1.82 bits per heavy atom. The number of esters is 1. The van der Waals surface area contributed by atoms with Gasteiger partial charge in [-0.3, -0.25) is 5.73 Å². The van der Waals surface area contributed by atoms with E-state index in [2.05, 4.69) is 34.3 Å². The minimum Gasteiger partial charge on any atom is -0.441 e. The highest BCUT2D eigenvalue weighted by atomic mass is 16.6. The van der Waals surface area contributed by atoms with E-state index in [1.807, 2.05) is 0 Å². The molecule has 0 amide bonds. The summed E-state index contributed by atoms with van der Waals surface area (Å²) >= 11 is 0. The molecule has 0 spiro atoms. The lowest BCUT2D eigenvalue weighted by atomic mass is 9.93. The van der Waals surface area contributed by atoms with Crippen LogP contribution in [0.4, 0.5) is 0 Å². The Bertz CT molecular complexity index is 271. The van der Waals surface area contributed by atoms with Gasteiger partial charge in [0.05, 0.1) is 0 Å². The molecule has 0 aromatic heterocycles. The molecular formula is C14H27NO2. The van der Waals surface area contributed by atoms with Gasteiger partial charge in [0.2, 0.25) is 0 Å². The lowest BCUT2D eigenvalue weighted by molar-refractivity contribution is -0.157. The van der Waals surface area contributed by atoms with Gasteiger partial charge in [0.15, 0.2) is 5.72 Å². The van der Waals surface area contributed by atoms with E-state index in [0.29, 0.717) is 30.3 Å². The van der Waals surface area contributed by atoms with Crippen molar-refractivity contribution in [1.82, 2.24) is 0 Å². The van der Waals surface area contributed by atoms with Crippen LogP contribution in [-0.2, 0) is 9.53 Å². The predicted octanol–water partition coefficient (Wildman–Crippen LogP) is 3.24. The smallest absolute Gasteiger partial charge is 0.334 e. The molecular weight excluding hydrogens is 214 g/mol. The summed E-state index contributed by atoms with van der Waals surface area (Å²) in [6.45, 7) is 13.6. The van der Waals surface area contributed by atoms with Crippen molar-refractivity contribution in [3.8, 4) is 0 Å². The molecule has 0 aliphatic carbocycles. The fraction of sp³-hybridized carbons (Fsp3) is 0.786. The van der Waals surface area contributed by atoms with Gasteiger partial charge in [-0.05, 0) is 25.2 Å². The Hall–Kier alpha value is -0.830. The van der Waals surface area contributed by atoms with E-state index in [-0.39, 0.29) is 0 Å². The van der Waals surface area contributed by atoms with Crippen molar-refractivity contribution >= 4 is 5.97 Å². The van der Waals surface area contributed by atoms with Gasteiger partial charge in [-0.25, -0.2) is 4.79 Å². The number of rotatable bonds is 7. The quantitative estimate of drug-likeness (QED) is 0.423. The third-order valence-corrected chi connectivity index (χ3v) is 2.54. The fourth-order valence-electron chi connectivity index (χ4n) is 1.69. The summed E-state index contributed by atoms with van der Waals surface area (Å²) in [6, 6.07) is 0. The summed E-state index contributed by atoms with van der Waals surface area (Å²) < 4.78 is 5.40. The third kappa shape index (κ3) is 7.16. The van der Waals surface area contributed by atoms with Gasteiger partial charge < -0.3 is 4.74 Å². The second-order valence-corrected chi connectivity index (χ2v) is 5.77. The maximum Gasteiger partial charge on any atom is 0.334 e. The van der Waals surface area contributed by atoms with Crippen LogP contribution in [0, 0.1) is 11.8 Å². The molecule has 0 saturated heterocycles. The average Bonchev–Trinajstić information content (AvgIpc) is 2.13. The molecule has 0 aromatic rings. The lowest BCUT2D eigenvalue weighted by Gasteiger charge is -2.31. The second-order valence-electron chi connectivity index (χ2n) is 5.77. The molecule has 0 aliphatic rings. The Morgan fingerprint density at radius 3 is 2.18 bits per heavy atom. The molecule has 0 rings (SSSR count). The molecule has 2 N–H and O–H groups in total. The van der Waals surface area contributed by atoms with Crippen LogP contribution in [0.15, 0.2) is 12.2 Å². The number of ether oxygens (including phenoxy) is 1. The largest absolute Gasteiger partial charge is 0.441 e. The predicted molar refractivity (Wildman–Crippen MR) is 71.4 cm³/mol. The van der Waals surface area contributed by atoms with Gasteiger partial charge in [0.1, 0.15) is 0 Å². The maximum atomic E-state index is 11.6. The van der Waals surface area contributed by atoms with Crippen molar-refractivity contribution in [3.63, 3.8) is 0 Å². The highest BCUT2D eigenvalue weighted by molar-refractivity contribution is 5.87. The molecule has 3 heteroatoms. The zero-order chi connectivity index (χ0) is 13.6. The second kappa shape index (κ2) is 6.80. The topological polar surface area (TPSA) is 52.3 Å². The van der Waals surface area contributed by atoms with Crippen LogP contribution >= 0.6 is 0 Å². The van der Waals surface area contributed by atoms with E-state index in [0.717, 1.165) is 6.42 Å². The van der Waals surface area contributed by atoms with Gasteiger partial charge >= 0.3 is 5.97 Å². The van der Waals surface area contributed by atoms with E-state index < -0.39 is 11.7 Å². The molecule has 1 atom stereocenters. The summed E-state index contributed by atoms with van der Waals surface area (Å²) in [6.07, 6.45) is 2.33. The van der Waals surface area contributed by atoms with Crippen molar-refractivity contribution in [2.45, 2.75) is 59.6 Å². The highest BCUT2D eigenvalue weighted by Crippen LogP contribution is 2.24. The van der Waals surface area contributed by atoms with Crippen LogP contribution in [0.3, 0.4) is 0 Å². The standard InChI is InChI=1S/C14H27NO2/c1-10(2)7-8-14(15,9-11(3)4)17-13(16)12(5)6/h10-11H,5,7-9,15H2,1-4,6H3. The van der Waals surface area contributed by atoms with Gasteiger partial charge in [0, 0.05) is 18.4 Å². The van der Waals surface area contributed by atoms with Crippen molar-refractivity contribution < 1.29 is 9.53 Å². The molecule has 1 unspecified atom stereocenters. The van der Waals surface area contributed by atoms with Crippen LogP contribution < -0.4 is 5.73 Å². The van der Waals surface area contributed by atoms with Crippen molar-refractivity contribution in [2.75, 3.05) is 0 Å². The summed E-state index contributed by atoms with van der Waals surface area (Å²) in [5.74, 6) is 0.551. The molecule has 0 fully saturated rings. The normalized spacial score (nSPS) is 14.8. The summed E-state index contributed by atoms with van der Waals surface area (Å²) in [4.78, 5) is 11.6. The molecule has 0 heterocycles. The van der Waals surface area contributed by atoms with Crippen molar-refractivity contribution in [2.24, 2.45) is 17.6 Å². The van der Waals surface area contributed by atoms with Gasteiger partial charge in [0.25, 0.3) is 0 Å². The third-order valence-electron chi connectivity index (χ3n) is 2.54. The van der Waals surface area contributed by atoms with Crippen LogP contribution in [0.2, 0.25) is 0 Å². The number of nitrogens with two attached hydrogens (primary N) is 1. The van der Waals surface area contributed by atoms with Gasteiger partial charge in [-0.15, -0.1) is 0 Å². The number of hydrogen-bond acceptors (Lipinski definition) is 3. The van der Waals surface area contributed by atoms with E-state index >= 15 is 0 Å². The Morgan fingerprint density at radius 1 is 1.29 bits per heavy atom. The van der Waals surface area contributed by atoms with E-state index in [4.69, 9.17) is 10.5 Å². The van der Waals surface area contributed by atoms with Gasteiger partial charge in [-0.1, -0.05) is 34.3 Å². The molecule has 0 aliphatic heterocycles. The molecule has 3 nitrogen and oxygen atoms in total. The van der Waals surface area contributed by atoms with Crippen LogP contribution in [0.5, 0.6) is 0 Å². The van der Waals surface area contributed by atoms with E-state index in [1.54, 1.807) is 6.92 Å². The summed E-state index contributed by atoms with van der Waals surface area (Å²) in [5, 5.41) is 0. The average molecular weight is 241 g/mol. The molecule has 0 saturated carbocycles. The Labute approximate surface area is 105 Å². The summed E-state index contributed by atoms with van der Waals surface area (Å²) in [5.41, 5.74) is 5.75. The number of carbonyl (C=O) groups is 1. The first kappa shape index (κ1) is 16.2. The van der Waals surface area contributed by atoms with E-state index in [9.17, 15) is 4.79 Å². The first-order valence-electron chi connectivity index (χ1n) is 6.34. The first-order chi connectivity index (χ1) is 7.66. The molecule has 0 aromatic carbocycles. The maximum absolute atomic E-state index is 11.6. The number of carbonyl (C=O) groups excluding carboxylic acids is 1. The van der Waals surface area contributed by atoms with E-state index in [1.165, 1.54) is 0 Å². The summed E-state index contributed by atoms with van der Waals surface area (Å²) in [7, 11) is 0. The molecule has 0 radical (unpaired) electrons. The zero-order valence-corrected chi connectivity index (χ0v) is 11.9. The first-order valence-corrected chi connectivity index (χ1v) is 6.34. The Kier molecular flexibility index (Phi) is 6.46. The monoisotopic (exact) mass is 241 g/mol. The Balaban J connectivity index is 4.59. The zero-order valence-electron chi connectivity index (χ0n) is 11.9. The molecule has 100 valence electrons. The van der Waals surface area contributed by atoms with Gasteiger partial charge in [-0.2, -0.15) is 0 Å². The minimum absolute atomic E-state index is 0.392. The van der Waals surface area contributed by atoms with Crippen LogP contribution in [0.25, 0.3) is 0 Å². The fourth-order valence-corrected chi connectivity index (χ4v) is 1.69. The van der Waals surface area contributed by atoms with Crippen LogP contribution in [0.1, 0.15) is 53.9 Å².